The zero-order chi connectivity index (χ0) is 15.5. The van der Waals surface area contributed by atoms with Crippen LogP contribution in [0.1, 0.15) is 25.8 Å². The van der Waals surface area contributed by atoms with E-state index in [1.165, 1.54) is 16.9 Å². The van der Waals surface area contributed by atoms with Crippen molar-refractivity contribution >= 4 is 21.4 Å². The van der Waals surface area contributed by atoms with Crippen molar-refractivity contribution in [3.05, 3.63) is 53.8 Å². The Bertz CT molecular complexity index is 774. The van der Waals surface area contributed by atoms with Gasteiger partial charge in [0.25, 0.3) is 0 Å². The summed E-state index contributed by atoms with van der Waals surface area (Å²) in [4.78, 5) is 0. The van der Waals surface area contributed by atoms with E-state index in [4.69, 9.17) is 4.74 Å². The molecule has 3 aromatic rings. The van der Waals surface area contributed by atoms with E-state index < -0.39 is 0 Å². The summed E-state index contributed by atoms with van der Waals surface area (Å²) >= 11 is 1.37. The summed E-state index contributed by atoms with van der Waals surface area (Å²) in [7, 11) is 0. The van der Waals surface area contributed by atoms with Crippen molar-refractivity contribution in [3.8, 4) is 16.2 Å². The van der Waals surface area contributed by atoms with Gasteiger partial charge in [0.15, 0.2) is 5.82 Å². The molecule has 2 aromatic carbocycles. The first-order valence-electron chi connectivity index (χ1n) is 7.67. The first-order valence-corrected chi connectivity index (χ1v) is 8.48. The minimum atomic E-state index is -0.244. The van der Waals surface area contributed by atoms with Crippen molar-refractivity contribution in [2.24, 2.45) is 0 Å². The second-order valence-corrected chi connectivity index (χ2v) is 6.31. The van der Waals surface area contributed by atoms with Crippen LogP contribution in [0.5, 0.6) is 5.06 Å². The van der Waals surface area contributed by atoms with Crippen LogP contribution in [0.2, 0.25) is 0 Å². The van der Waals surface area contributed by atoms with Crippen LogP contribution in [0.4, 0.5) is 4.39 Å². The van der Waals surface area contributed by atoms with E-state index in [1.54, 1.807) is 0 Å². The van der Waals surface area contributed by atoms with Gasteiger partial charge in [-0.25, -0.2) is 4.39 Å². The third-order valence-corrected chi connectivity index (χ3v) is 4.74. The van der Waals surface area contributed by atoms with Gasteiger partial charge in [-0.15, -0.1) is 0 Å². The first-order chi connectivity index (χ1) is 10.7. The van der Waals surface area contributed by atoms with E-state index in [1.807, 2.05) is 25.1 Å². The van der Waals surface area contributed by atoms with E-state index in [2.05, 4.69) is 31.2 Å². The number of rotatable bonds is 5. The number of hydrogen-bond acceptors (Lipinski definition) is 2. The Morgan fingerprint density at radius 1 is 1.00 bits per heavy atom. The van der Waals surface area contributed by atoms with E-state index in [9.17, 15) is 4.39 Å². The minimum Gasteiger partial charge on any atom is -0.482 e. The lowest BCUT2D eigenvalue weighted by atomic mass is 10.0. The molecular weight excluding hydrogens is 295 g/mol. The normalized spacial score (nSPS) is 11.0. The molecule has 0 aliphatic carbocycles. The molecule has 1 heterocycles. The lowest BCUT2D eigenvalue weighted by Gasteiger charge is -2.04. The van der Waals surface area contributed by atoms with Gasteiger partial charge in [0.2, 0.25) is 5.06 Å². The van der Waals surface area contributed by atoms with Crippen LogP contribution in [0.15, 0.2) is 42.5 Å². The highest BCUT2D eigenvalue weighted by atomic mass is 32.1. The lowest BCUT2D eigenvalue weighted by molar-refractivity contribution is 0.334. The number of fused-ring (bicyclic) bond motifs is 1. The zero-order valence-electron chi connectivity index (χ0n) is 12.9. The predicted molar refractivity (Wildman–Crippen MR) is 92.4 cm³/mol. The molecule has 0 saturated heterocycles. The van der Waals surface area contributed by atoms with Gasteiger partial charge < -0.3 is 4.74 Å². The molecule has 0 aliphatic rings. The summed E-state index contributed by atoms with van der Waals surface area (Å²) in [6.45, 7) is 4.53. The van der Waals surface area contributed by atoms with Crippen LogP contribution in [0, 0.1) is 5.82 Å². The quantitative estimate of drug-likeness (QED) is 0.556. The molecule has 0 atom stereocenters. The Morgan fingerprint density at radius 3 is 2.41 bits per heavy atom. The highest BCUT2D eigenvalue weighted by Gasteiger charge is 2.13. The summed E-state index contributed by atoms with van der Waals surface area (Å²) < 4.78 is 20.5. The first kappa shape index (κ1) is 15.0. The van der Waals surface area contributed by atoms with Crippen molar-refractivity contribution in [1.82, 2.24) is 0 Å². The number of thiophene rings is 1. The average molecular weight is 314 g/mol. The predicted octanol–water partition coefficient (Wildman–Crippen LogP) is 6.06. The number of ether oxygens (including phenoxy) is 1. The number of hydrogen-bond donors (Lipinski definition) is 0. The fourth-order valence-electron chi connectivity index (χ4n) is 2.60. The monoisotopic (exact) mass is 314 g/mol. The van der Waals surface area contributed by atoms with Crippen LogP contribution >= 0.6 is 11.3 Å². The molecule has 3 heteroatoms. The van der Waals surface area contributed by atoms with E-state index in [0.717, 1.165) is 28.7 Å². The molecule has 0 spiro atoms. The number of halogens is 1. The Hall–Kier alpha value is -1.87. The molecule has 0 fully saturated rings. The van der Waals surface area contributed by atoms with Crippen molar-refractivity contribution in [2.45, 2.75) is 26.7 Å². The van der Waals surface area contributed by atoms with Gasteiger partial charge in [-0.1, -0.05) is 55.0 Å². The second kappa shape index (κ2) is 6.49. The molecule has 0 N–H and O–H groups in total. The highest BCUT2D eigenvalue weighted by molar-refractivity contribution is 7.20. The van der Waals surface area contributed by atoms with Gasteiger partial charge in [0.05, 0.1) is 6.61 Å². The third-order valence-electron chi connectivity index (χ3n) is 3.70. The van der Waals surface area contributed by atoms with E-state index in [0.29, 0.717) is 17.1 Å². The Morgan fingerprint density at radius 2 is 1.73 bits per heavy atom. The number of aryl methyl sites for hydroxylation is 1. The fourth-order valence-corrected chi connectivity index (χ4v) is 3.63. The summed E-state index contributed by atoms with van der Waals surface area (Å²) in [6, 6.07) is 14.5. The highest BCUT2D eigenvalue weighted by Crippen LogP contribution is 2.38. The maximum absolute atomic E-state index is 14.2. The Balaban J connectivity index is 1.97. The molecule has 114 valence electrons. The Kier molecular flexibility index (Phi) is 4.44. The summed E-state index contributed by atoms with van der Waals surface area (Å²) in [5.74, 6) is -0.244. The van der Waals surface area contributed by atoms with Gasteiger partial charge in [-0.05, 0) is 42.2 Å². The third kappa shape index (κ3) is 2.86. The van der Waals surface area contributed by atoms with Crippen LogP contribution in [0.3, 0.4) is 0 Å². The van der Waals surface area contributed by atoms with Crippen molar-refractivity contribution < 1.29 is 9.13 Å². The smallest absolute Gasteiger partial charge is 0.211 e. The van der Waals surface area contributed by atoms with Gasteiger partial charge >= 0.3 is 0 Å². The average Bonchev–Trinajstić information content (AvgIpc) is 2.85. The van der Waals surface area contributed by atoms with Crippen molar-refractivity contribution in [2.75, 3.05) is 6.61 Å². The maximum Gasteiger partial charge on any atom is 0.211 e. The molecule has 0 aliphatic heterocycles. The van der Waals surface area contributed by atoms with Gasteiger partial charge in [-0.3, -0.25) is 0 Å². The summed E-state index contributed by atoms with van der Waals surface area (Å²) in [6.07, 6.45) is 2.26. The van der Waals surface area contributed by atoms with Gasteiger partial charge in [0.1, 0.15) is 0 Å². The molecule has 0 unspecified atom stereocenters. The molecule has 0 amide bonds. The van der Waals surface area contributed by atoms with Crippen LogP contribution < -0.4 is 4.74 Å². The fraction of sp³-hybridized carbons (Fsp3) is 0.263. The van der Waals surface area contributed by atoms with E-state index in [-0.39, 0.29) is 5.82 Å². The largest absolute Gasteiger partial charge is 0.482 e. The van der Waals surface area contributed by atoms with Crippen LogP contribution in [-0.4, -0.2) is 6.61 Å². The summed E-state index contributed by atoms with van der Waals surface area (Å²) in [5.41, 5.74) is 3.63. The van der Waals surface area contributed by atoms with Crippen molar-refractivity contribution in [3.63, 3.8) is 0 Å². The second-order valence-electron chi connectivity index (χ2n) is 5.29. The molecule has 3 rings (SSSR count). The molecule has 1 nitrogen and oxygen atoms in total. The lowest BCUT2D eigenvalue weighted by Crippen LogP contribution is -1.89. The SMILES string of the molecule is CCCc1ccc(-c2ccc3c(F)c(OCC)sc3c2)cc1. The number of benzene rings is 2. The molecule has 0 radical (unpaired) electrons. The zero-order valence-corrected chi connectivity index (χ0v) is 13.7. The topological polar surface area (TPSA) is 9.23 Å². The molecular formula is C19H19FOS. The molecule has 1 aromatic heterocycles. The minimum absolute atomic E-state index is 0.244. The standard InChI is InChI=1S/C19H19FOS/c1-3-5-13-6-8-14(9-7-13)15-10-11-16-17(12-15)22-19(18(16)20)21-4-2/h6-12H,3-5H2,1-2H3. The maximum atomic E-state index is 14.2. The van der Waals surface area contributed by atoms with Crippen molar-refractivity contribution in [1.29, 1.82) is 0 Å². The van der Waals surface area contributed by atoms with Crippen LogP contribution in [0.25, 0.3) is 21.2 Å². The van der Waals surface area contributed by atoms with Gasteiger partial charge in [0, 0.05) is 10.1 Å². The Labute approximate surface area is 134 Å². The summed E-state index contributed by atoms with van der Waals surface area (Å²) in [5, 5.41) is 1.02. The van der Waals surface area contributed by atoms with Crippen LogP contribution in [-0.2, 0) is 6.42 Å². The molecule has 0 bridgehead atoms. The molecule has 0 saturated carbocycles. The molecule has 22 heavy (non-hydrogen) atoms. The van der Waals surface area contributed by atoms with Gasteiger partial charge in [-0.2, -0.15) is 0 Å². The van der Waals surface area contributed by atoms with E-state index >= 15 is 0 Å².